The fourth-order valence-corrected chi connectivity index (χ4v) is 4.26. The van der Waals surface area contributed by atoms with Crippen LogP contribution in [0.4, 0.5) is 5.13 Å². The molecule has 18 heavy (non-hydrogen) atoms. The topological polar surface area (TPSA) is 109 Å². The van der Waals surface area contributed by atoms with Gasteiger partial charge in [0.05, 0.1) is 0 Å². The molecule has 0 saturated carbocycles. The molecule has 96 valence electrons. The van der Waals surface area contributed by atoms with Gasteiger partial charge in [-0.05, 0) is 18.4 Å². The Morgan fingerprint density at radius 2 is 2.17 bits per heavy atom. The largest absolute Gasteiger partial charge is 0.477 e. The number of sulfonamides is 1. The number of thiophene rings is 1. The third-order valence-corrected chi connectivity index (χ3v) is 5.16. The van der Waals surface area contributed by atoms with E-state index < -0.39 is 16.0 Å². The number of carbonyl (C=O) groups is 1. The monoisotopic (exact) mass is 305 g/mol. The summed E-state index contributed by atoms with van der Waals surface area (Å²) < 4.78 is 26.1. The lowest BCUT2D eigenvalue weighted by Gasteiger charge is -2.03. The summed E-state index contributed by atoms with van der Waals surface area (Å²) in [4.78, 5) is 10.4. The van der Waals surface area contributed by atoms with Crippen molar-refractivity contribution in [3.63, 3.8) is 0 Å². The van der Waals surface area contributed by atoms with E-state index in [1.807, 2.05) is 0 Å². The number of hydrogen-bond acceptors (Lipinski definition) is 7. The lowest BCUT2D eigenvalue weighted by molar-refractivity contribution is 0.0698. The first kappa shape index (κ1) is 12.9. The van der Waals surface area contributed by atoms with E-state index in [1.54, 1.807) is 6.92 Å². The summed E-state index contributed by atoms with van der Waals surface area (Å²) in [6.07, 6.45) is 0. The second kappa shape index (κ2) is 4.63. The highest BCUT2D eigenvalue weighted by Crippen LogP contribution is 2.25. The third-order valence-electron chi connectivity index (χ3n) is 1.86. The average molecular weight is 305 g/mol. The minimum Gasteiger partial charge on any atom is -0.477 e. The standard InChI is InChI=1S/C8H7N3O4S3/c1-4-9-10-8(17-4)11-18(14,15)5-2-3-16-6(5)7(12)13/h2-3H,1H3,(H,10,11)(H,12,13). The average Bonchev–Trinajstić information content (AvgIpc) is 2.86. The molecule has 7 nitrogen and oxygen atoms in total. The number of nitrogens with one attached hydrogen (secondary N) is 1. The van der Waals surface area contributed by atoms with Gasteiger partial charge in [0.1, 0.15) is 14.8 Å². The van der Waals surface area contributed by atoms with Crippen molar-refractivity contribution >= 4 is 43.8 Å². The van der Waals surface area contributed by atoms with Gasteiger partial charge in [-0.1, -0.05) is 11.3 Å². The molecule has 0 saturated heterocycles. The molecule has 0 aliphatic carbocycles. The van der Waals surface area contributed by atoms with Gasteiger partial charge in [0.2, 0.25) is 5.13 Å². The van der Waals surface area contributed by atoms with Gasteiger partial charge < -0.3 is 5.11 Å². The van der Waals surface area contributed by atoms with Crippen LogP contribution in [0.5, 0.6) is 0 Å². The molecule has 2 rings (SSSR count). The Kier molecular flexibility index (Phi) is 3.32. The quantitative estimate of drug-likeness (QED) is 0.883. The number of rotatable bonds is 4. The van der Waals surface area contributed by atoms with E-state index in [1.165, 1.54) is 11.4 Å². The first-order valence-corrected chi connectivity index (χ1v) is 7.72. The van der Waals surface area contributed by atoms with E-state index in [0.29, 0.717) is 5.01 Å². The van der Waals surface area contributed by atoms with Crippen LogP contribution < -0.4 is 4.72 Å². The molecule has 0 aliphatic heterocycles. The summed E-state index contributed by atoms with van der Waals surface area (Å²) >= 11 is 1.92. The van der Waals surface area contributed by atoms with E-state index in [9.17, 15) is 13.2 Å². The minimum atomic E-state index is -3.94. The fraction of sp³-hybridized carbons (Fsp3) is 0.125. The van der Waals surface area contributed by atoms with Crippen LogP contribution in [0, 0.1) is 6.92 Å². The molecule has 2 aromatic rings. The molecule has 0 aromatic carbocycles. The Balaban J connectivity index is 2.37. The maximum absolute atomic E-state index is 12.0. The molecule has 0 fully saturated rings. The summed E-state index contributed by atoms with van der Waals surface area (Å²) in [6, 6.07) is 1.24. The van der Waals surface area contributed by atoms with Crippen LogP contribution >= 0.6 is 22.7 Å². The van der Waals surface area contributed by atoms with Gasteiger partial charge in [0, 0.05) is 0 Å². The molecule has 2 heterocycles. The predicted molar refractivity (Wildman–Crippen MR) is 66.7 cm³/mol. The van der Waals surface area contributed by atoms with Crippen LogP contribution in [0.1, 0.15) is 14.7 Å². The van der Waals surface area contributed by atoms with Crippen molar-refractivity contribution in [2.75, 3.05) is 4.72 Å². The van der Waals surface area contributed by atoms with Gasteiger partial charge in [0.25, 0.3) is 10.0 Å². The zero-order valence-corrected chi connectivity index (χ0v) is 11.4. The molecule has 0 bridgehead atoms. The van der Waals surface area contributed by atoms with Crippen LogP contribution in [0.15, 0.2) is 16.3 Å². The SMILES string of the molecule is Cc1nnc(NS(=O)(=O)c2ccsc2C(=O)O)s1. The third kappa shape index (κ3) is 2.49. The van der Waals surface area contributed by atoms with Gasteiger partial charge in [-0.15, -0.1) is 21.5 Å². The number of aromatic nitrogens is 2. The molecular formula is C8H7N3O4S3. The van der Waals surface area contributed by atoms with Gasteiger partial charge in [0.15, 0.2) is 0 Å². The number of anilines is 1. The van der Waals surface area contributed by atoms with E-state index >= 15 is 0 Å². The molecular weight excluding hydrogens is 298 g/mol. The molecule has 0 unspecified atom stereocenters. The summed E-state index contributed by atoms with van der Waals surface area (Å²) in [5, 5.41) is 18.3. The normalized spacial score (nSPS) is 11.4. The number of carboxylic acids is 1. The Bertz CT molecular complexity index is 688. The number of nitrogens with zero attached hydrogens (tertiary/aromatic N) is 2. The van der Waals surface area contributed by atoms with Crippen LogP contribution in [0.3, 0.4) is 0 Å². The maximum Gasteiger partial charge on any atom is 0.347 e. The van der Waals surface area contributed by atoms with Crippen molar-refractivity contribution in [2.45, 2.75) is 11.8 Å². The summed E-state index contributed by atoms with van der Waals surface area (Å²) in [6.45, 7) is 1.68. The molecule has 0 aliphatic rings. The van der Waals surface area contributed by atoms with Crippen molar-refractivity contribution in [1.82, 2.24) is 10.2 Å². The first-order chi connectivity index (χ1) is 8.40. The first-order valence-electron chi connectivity index (χ1n) is 4.54. The Morgan fingerprint density at radius 1 is 1.44 bits per heavy atom. The van der Waals surface area contributed by atoms with Crippen molar-refractivity contribution in [1.29, 1.82) is 0 Å². The Morgan fingerprint density at radius 3 is 2.72 bits per heavy atom. The zero-order chi connectivity index (χ0) is 13.3. The molecule has 2 N–H and O–H groups in total. The van der Waals surface area contributed by atoms with Gasteiger partial charge >= 0.3 is 5.97 Å². The van der Waals surface area contributed by atoms with Gasteiger partial charge in [-0.25, -0.2) is 13.2 Å². The minimum absolute atomic E-state index is 0.107. The second-order valence-electron chi connectivity index (χ2n) is 3.15. The Labute approximate surface area is 110 Å². The van der Waals surface area contributed by atoms with E-state index in [2.05, 4.69) is 14.9 Å². The molecule has 0 atom stereocenters. The number of aryl methyl sites for hydroxylation is 1. The number of hydrogen-bond donors (Lipinski definition) is 2. The highest BCUT2D eigenvalue weighted by molar-refractivity contribution is 7.93. The zero-order valence-electron chi connectivity index (χ0n) is 8.95. The van der Waals surface area contributed by atoms with Crippen LogP contribution in [0.25, 0.3) is 0 Å². The van der Waals surface area contributed by atoms with Crippen molar-refractivity contribution in [3.8, 4) is 0 Å². The van der Waals surface area contributed by atoms with E-state index in [0.717, 1.165) is 22.7 Å². The number of aromatic carboxylic acids is 1. The van der Waals surface area contributed by atoms with Crippen LogP contribution in [0.2, 0.25) is 0 Å². The second-order valence-corrected chi connectivity index (χ2v) is 6.90. The van der Waals surface area contributed by atoms with E-state index in [-0.39, 0.29) is 14.9 Å². The molecule has 0 amide bonds. The lowest BCUT2D eigenvalue weighted by atomic mass is 10.5. The van der Waals surface area contributed by atoms with Crippen LogP contribution in [-0.2, 0) is 10.0 Å². The highest BCUT2D eigenvalue weighted by Gasteiger charge is 2.24. The molecule has 10 heteroatoms. The van der Waals surface area contributed by atoms with Crippen molar-refractivity contribution in [2.24, 2.45) is 0 Å². The maximum atomic E-state index is 12.0. The fourth-order valence-electron chi connectivity index (χ4n) is 1.17. The number of carboxylic acid groups (broad SMARTS) is 1. The molecule has 2 aromatic heterocycles. The molecule has 0 spiro atoms. The summed E-state index contributed by atoms with van der Waals surface area (Å²) in [5.41, 5.74) is 0. The molecule has 0 radical (unpaired) electrons. The smallest absolute Gasteiger partial charge is 0.347 e. The lowest BCUT2D eigenvalue weighted by Crippen LogP contribution is -2.15. The highest BCUT2D eigenvalue weighted by atomic mass is 32.2. The summed E-state index contributed by atoms with van der Waals surface area (Å²) in [5.74, 6) is -1.28. The van der Waals surface area contributed by atoms with Gasteiger partial charge in [-0.3, -0.25) is 4.72 Å². The Hall–Kier alpha value is -1.52. The predicted octanol–water partition coefficient (Wildman–Crippen LogP) is 1.41. The van der Waals surface area contributed by atoms with E-state index in [4.69, 9.17) is 5.11 Å². The van der Waals surface area contributed by atoms with Crippen LogP contribution in [-0.4, -0.2) is 29.7 Å². The van der Waals surface area contributed by atoms with Gasteiger partial charge in [-0.2, -0.15) is 0 Å². The summed E-state index contributed by atoms with van der Waals surface area (Å²) in [7, 11) is -3.94. The van der Waals surface area contributed by atoms with Crippen molar-refractivity contribution in [3.05, 3.63) is 21.3 Å². The van der Waals surface area contributed by atoms with Crippen molar-refractivity contribution < 1.29 is 18.3 Å².